The first-order valence-electron chi connectivity index (χ1n) is 10.6. The van der Waals surface area contributed by atoms with Crippen LogP contribution < -0.4 is 4.90 Å². The first-order chi connectivity index (χ1) is 13.1. The molecule has 0 N–H and O–H groups in total. The maximum Gasteiger partial charge on any atom is 0.239 e. The van der Waals surface area contributed by atoms with E-state index >= 15 is 0 Å². The molecule has 2 aliphatic carbocycles. The molecule has 0 radical (unpaired) electrons. The number of aromatic nitrogens is 2. The van der Waals surface area contributed by atoms with Crippen LogP contribution in [-0.2, 0) is 14.6 Å². The number of carbonyl (C=O) groups is 1. The Morgan fingerprint density at radius 2 is 1.93 bits per heavy atom. The lowest BCUT2D eigenvalue weighted by atomic mass is 10.0. The van der Waals surface area contributed by atoms with Gasteiger partial charge in [0.15, 0.2) is 8.32 Å². The zero-order valence-corrected chi connectivity index (χ0v) is 19.5. The molecule has 0 unspecified atom stereocenters. The monoisotopic (exact) mass is 421 g/mol. The Labute approximate surface area is 174 Å². The summed E-state index contributed by atoms with van der Waals surface area (Å²) in [7, 11) is -1.85. The first-order valence-corrected chi connectivity index (χ1v) is 13.9. The van der Waals surface area contributed by atoms with Crippen LogP contribution in [0.5, 0.6) is 0 Å². The smallest absolute Gasteiger partial charge is 0.239 e. The molecule has 3 aliphatic rings. The number of anilines is 1. The standard InChI is InChI=1S/C21H32ClN3O2Si/c1-20(2,3)28(4,5)27-15-9-7-6-8-14(12-15)25-17-16(13-23-19(22)24-17)21(10-11-21)18(25)26/h13-15H,6-12H2,1-5H3/t14-,15-/m1/s1. The van der Waals surface area contributed by atoms with Gasteiger partial charge < -0.3 is 4.43 Å². The molecule has 5 nitrogen and oxygen atoms in total. The molecular formula is C21H32ClN3O2Si. The molecule has 7 heteroatoms. The fourth-order valence-electron chi connectivity index (χ4n) is 4.49. The second kappa shape index (κ2) is 6.78. The molecule has 1 aromatic heterocycles. The lowest BCUT2D eigenvalue weighted by Crippen LogP contribution is -2.47. The molecular weight excluding hydrogens is 390 g/mol. The maximum atomic E-state index is 13.4. The summed E-state index contributed by atoms with van der Waals surface area (Å²) in [5, 5.41) is 0.404. The molecule has 1 spiro atoms. The van der Waals surface area contributed by atoms with Crippen molar-refractivity contribution in [2.75, 3.05) is 4.90 Å². The molecule has 1 aromatic rings. The van der Waals surface area contributed by atoms with Crippen molar-refractivity contribution in [2.24, 2.45) is 0 Å². The Morgan fingerprint density at radius 3 is 2.57 bits per heavy atom. The Morgan fingerprint density at radius 1 is 1.25 bits per heavy atom. The maximum absolute atomic E-state index is 13.4. The number of nitrogens with zero attached hydrogens (tertiary/aromatic N) is 3. The highest BCUT2D eigenvalue weighted by Crippen LogP contribution is 2.57. The van der Waals surface area contributed by atoms with E-state index in [9.17, 15) is 4.79 Å². The molecule has 0 saturated heterocycles. The van der Waals surface area contributed by atoms with Crippen molar-refractivity contribution in [1.29, 1.82) is 0 Å². The number of amides is 1. The van der Waals surface area contributed by atoms with E-state index in [1.807, 2.05) is 4.90 Å². The number of rotatable bonds is 3. The summed E-state index contributed by atoms with van der Waals surface area (Å²) in [4.78, 5) is 24.0. The molecule has 2 heterocycles. The van der Waals surface area contributed by atoms with Crippen molar-refractivity contribution in [3.63, 3.8) is 0 Å². The third kappa shape index (κ3) is 3.31. The van der Waals surface area contributed by atoms with Gasteiger partial charge >= 0.3 is 0 Å². The zero-order valence-electron chi connectivity index (χ0n) is 17.7. The highest BCUT2D eigenvalue weighted by Gasteiger charge is 2.61. The number of hydrogen-bond acceptors (Lipinski definition) is 4. The molecule has 1 aliphatic heterocycles. The van der Waals surface area contributed by atoms with Crippen molar-refractivity contribution in [3.8, 4) is 0 Å². The fourth-order valence-corrected chi connectivity index (χ4v) is 6.02. The van der Waals surface area contributed by atoms with E-state index in [-0.39, 0.29) is 33.8 Å². The summed E-state index contributed by atoms with van der Waals surface area (Å²) < 4.78 is 6.77. The highest BCUT2D eigenvalue weighted by atomic mass is 35.5. The zero-order chi connectivity index (χ0) is 20.3. The molecule has 0 bridgehead atoms. The predicted molar refractivity (Wildman–Crippen MR) is 114 cm³/mol. The van der Waals surface area contributed by atoms with Crippen LogP contribution in [-0.4, -0.2) is 36.3 Å². The van der Waals surface area contributed by atoms with E-state index in [1.54, 1.807) is 6.20 Å². The topological polar surface area (TPSA) is 55.3 Å². The molecule has 4 rings (SSSR count). The van der Waals surface area contributed by atoms with E-state index in [0.29, 0.717) is 0 Å². The quantitative estimate of drug-likeness (QED) is 0.381. The average molecular weight is 422 g/mol. The van der Waals surface area contributed by atoms with Crippen molar-refractivity contribution >= 4 is 31.6 Å². The molecule has 28 heavy (non-hydrogen) atoms. The molecule has 154 valence electrons. The largest absolute Gasteiger partial charge is 0.414 e. The van der Waals surface area contributed by atoms with E-state index < -0.39 is 8.32 Å². The molecule has 0 aromatic carbocycles. The summed E-state index contributed by atoms with van der Waals surface area (Å²) in [6.45, 7) is 11.5. The fraction of sp³-hybridized carbons (Fsp3) is 0.762. The van der Waals surface area contributed by atoms with Crippen LogP contribution in [0.2, 0.25) is 23.4 Å². The van der Waals surface area contributed by atoms with Crippen LogP contribution in [0, 0.1) is 0 Å². The van der Waals surface area contributed by atoms with Gasteiger partial charge in [-0.1, -0.05) is 33.6 Å². The third-order valence-corrected chi connectivity index (χ3v) is 12.1. The first kappa shape index (κ1) is 20.3. The van der Waals surface area contributed by atoms with Gasteiger partial charge in [-0.15, -0.1) is 0 Å². The van der Waals surface area contributed by atoms with Crippen LogP contribution in [0.15, 0.2) is 6.20 Å². The third-order valence-electron chi connectivity index (χ3n) is 7.34. The average Bonchev–Trinajstić information content (AvgIpc) is 3.36. The minimum Gasteiger partial charge on any atom is -0.414 e. The second-order valence-corrected chi connectivity index (χ2v) is 15.4. The summed E-state index contributed by atoms with van der Waals surface area (Å²) in [5.41, 5.74) is 0.607. The van der Waals surface area contributed by atoms with Crippen molar-refractivity contribution < 1.29 is 9.22 Å². The van der Waals surface area contributed by atoms with Gasteiger partial charge in [-0.05, 0) is 61.8 Å². The van der Waals surface area contributed by atoms with Crippen molar-refractivity contribution in [3.05, 3.63) is 17.0 Å². The van der Waals surface area contributed by atoms with E-state index in [0.717, 1.165) is 56.3 Å². The molecule has 1 amide bonds. The van der Waals surface area contributed by atoms with Gasteiger partial charge in [-0.25, -0.2) is 4.98 Å². The van der Waals surface area contributed by atoms with Gasteiger partial charge in [-0.3, -0.25) is 9.69 Å². The molecule has 2 fully saturated rings. The van der Waals surface area contributed by atoms with Crippen molar-refractivity contribution in [2.45, 2.75) is 101 Å². The lowest BCUT2D eigenvalue weighted by molar-refractivity contribution is -0.120. The van der Waals surface area contributed by atoms with Gasteiger partial charge in [0.2, 0.25) is 11.2 Å². The van der Waals surface area contributed by atoms with Crippen molar-refractivity contribution in [1.82, 2.24) is 9.97 Å². The van der Waals surface area contributed by atoms with E-state index in [2.05, 4.69) is 43.8 Å². The Kier molecular flexibility index (Phi) is 4.91. The normalized spacial score (nSPS) is 27.1. The number of halogens is 1. The van der Waals surface area contributed by atoms with E-state index in [4.69, 9.17) is 16.0 Å². The van der Waals surface area contributed by atoms with Gasteiger partial charge in [-0.2, -0.15) is 4.98 Å². The minimum absolute atomic E-state index is 0.134. The summed E-state index contributed by atoms with van der Waals surface area (Å²) >= 11 is 6.11. The Hall–Kier alpha value is -0.983. The Balaban J connectivity index is 1.60. The summed E-state index contributed by atoms with van der Waals surface area (Å²) in [6, 6.07) is 0.134. The van der Waals surface area contributed by atoms with Crippen LogP contribution in [0.4, 0.5) is 5.82 Å². The number of hydrogen-bond donors (Lipinski definition) is 0. The SMILES string of the molecule is CC(C)(C)[Si](C)(C)O[C@@H]1CCCC[C@@H](N2C(=O)C3(CC3)c3cnc(Cl)nc32)C1. The van der Waals surface area contributed by atoms with Crippen LogP contribution in [0.1, 0.15) is 71.3 Å². The minimum atomic E-state index is -1.85. The van der Waals surface area contributed by atoms with Crippen LogP contribution in [0.25, 0.3) is 0 Å². The Bertz CT molecular complexity index is 788. The van der Waals surface area contributed by atoms with Gasteiger partial charge in [0, 0.05) is 23.9 Å². The van der Waals surface area contributed by atoms with Gasteiger partial charge in [0.1, 0.15) is 5.82 Å². The highest BCUT2D eigenvalue weighted by molar-refractivity contribution is 6.74. The lowest BCUT2D eigenvalue weighted by Gasteiger charge is -2.40. The summed E-state index contributed by atoms with van der Waals surface area (Å²) in [6.07, 6.45) is 9.01. The number of carbonyl (C=O) groups excluding carboxylic acids is 1. The number of fused-ring (bicyclic) bond motifs is 2. The van der Waals surface area contributed by atoms with Gasteiger partial charge in [0.25, 0.3) is 0 Å². The van der Waals surface area contributed by atoms with Crippen LogP contribution >= 0.6 is 11.6 Å². The summed E-state index contributed by atoms with van der Waals surface area (Å²) in [5.74, 6) is 0.956. The molecule has 2 saturated carbocycles. The van der Waals surface area contributed by atoms with E-state index in [1.165, 1.54) is 0 Å². The predicted octanol–water partition coefficient (Wildman–Crippen LogP) is 5.23. The second-order valence-electron chi connectivity index (χ2n) is 10.3. The van der Waals surface area contributed by atoms with Crippen LogP contribution in [0.3, 0.4) is 0 Å². The van der Waals surface area contributed by atoms with Gasteiger partial charge in [0.05, 0.1) is 5.41 Å². The molecule has 2 atom stereocenters.